The number of nitrogen functional groups attached to an aromatic ring is 1. The van der Waals surface area contributed by atoms with Gasteiger partial charge in [-0.3, -0.25) is 10.1 Å². The SMILES string of the molecule is COc1cc(Oc2cc(C)ccc2[N+](=O)[O-])nc(N)n1. The molecule has 2 rings (SSSR count). The summed E-state index contributed by atoms with van der Waals surface area (Å²) in [5, 5.41) is 11.0. The summed E-state index contributed by atoms with van der Waals surface area (Å²) in [6.07, 6.45) is 0. The molecule has 0 saturated carbocycles. The van der Waals surface area contributed by atoms with Crippen LogP contribution in [-0.4, -0.2) is 22.0 Å². The van der Waals surface area contributed by atoms with Crippen LogP contribution < -0.4 is 15.2 Å². The molecule has 104 valence electrons. The minimum Gasteiger partial charge on any atom is -0.481 e. The van der Waals surface area contributed by atoms with Crippen LogP contribution in [0.15, 0.2) is 24.3 Å². The standard InChI is InChI=1S/C12H12N4O4/c1-7-3-4-8(16(17)18)9(5-7)20-11-6-10(19-2)14-12(13)15-11/h3-6H,1-2H3,(H2,13,14,15). The maximum absolute atomic E-state index is 11.0. The van der Waals surface area contributed by atoms with Crippen LogP contribution in [0.5, 0.6) is 17.5 Å². The lowest BCUT2D eigenvalue weighted by Gasteiger charge is -2.08. The Bertz CT molecular complexity index is 660. The summed E-state index contributed by atoms with van der Waals surface area (Å²) in [4.78, 5) is 18.1. The summed E-state index contributed by atoms with van der Waals surface area (Å²) in [5.74, 6) is 0.315. The van der Waals surface area contributed by atoms with E-state index in [1.165, 1.54) is 19.2 Å². The fraction of sp³-hybridized carbons (Fsp3) is 0.167. The van der Waals surface area contributed by atoms with E-state index in [2.05, 4.69) is 9.97 Å². The third kappa shape index (κ3) is 2.91. The first-order chi connectivity index (χ1) is 9.49. The molecule has 8 nitrogen and oxygen atoms in total. The van der Waals surface area contributed by atoms with Gasteiger partial charge >= 0.3 is 5.69 Å². The van der Waals surface area contributed by atoms with Gasteiger partial charge in [0.05, 0.1) is 18.1 Å². The molecule has 2 aromatic rings. The monoisotopic (exact) mass is 276 g/mol. The van der Waals surface area contributed by atoms with Crippen LogP contribution in [-0.2, 0) is 0 Å². The van der Waals surface area contributed by atoms with E-state index in [1.54, 1.807) is 19.1 Å². The molecule has 0 spiro atoms. The lowest BCUT2D eigenvalue weighted by Crippen LogP contribution is -2.00. The van der Waals surface area contributed by atoms with Gasteiger partial charge in [-0.2, -0.15) is 9.97 Å². The molecule has 0 bridgehead atoms. The van der Waals surface area contributed by atoms with Gasteiger partial charge in [-0.25, -0.2) is 0 Å². The number of aromatic nitrogens is 2. The van der Waals surface area contributed by atoms with Gasteiger partial charge in [-0.1, -0.05) is 6.07 Å². The molecule has 0 radical (unpaired) electrons. The highest BCUT2D eigenvalue weighted by Crippen LogP contribution is 2.32. The van der Waals surface area contributed by atoms with E-state index in [1.807, 2.05) is 0 Å². The van der Waals surface area contributed by atoms with Crippen LogP contribution >= 0.6 is 0 Å². The van der Waals surface area contributed by atoms with Crippen molar-refractivity contribution in [1.82, 2.24) is 9.97 Å². The number of nitro groups is 1. The number of nitro benzene ring substituents is 1. The molecular weight excluding hydrogens is 264 g/mol. The van der Waals surface area contributed by atoms with E-state index in [9.17, 15) is 10.1 Å². The molecule has 0 fully saturated rings. The Kier molecular flexibility index (Phi) is 3.65. The Morgan fingerprint density at radius 3 is 2.60 bits per heavy atom. The van der Waals surface area contributed by atoms with Crippen LogP contribution in [0.25, 0.3) is 0 Å². The Balaban J connectivity index is 2.41. The van der Waals surface area contributed by atoms with Gasteiger partial charge in [-0.05, 0) is 18.6 Å². The highest BCUT2D eigenvalue weighted by Gasteiger charge is 2.17. The van der Waals surface area contributed by atoms with Crippen molar-refractivity contribution in [3.05, 3.63) is 39.9 Å². The Labute approximate surface area is 114 Å². The maximum Gasteiger partial charge on any atom is 0.311 e. The number of hydrogen-bond donors (Lipinski definition) is 1. The molecule has 0 saturated heterocycles. The van der Waals surface area contributed by atoms with Gasteiger partial charge in [0.15, 0.2) is 0 Å². The minimum absolute atomic E-state index is 0.0466. The fourth-order valence-corrected chi connectivity index (χ4v) is 1.54. The number of ether oxygens (including phenoxy) is 2. The average Bonchev–Trinajstić information content (AvgIpc) is 2.37. The molecule has 2 N–H and O–H groups in total. The summed E-state index contributed by atoms with van der Waals surface area (Å²) >= 11 is 0. The van der Waals surface area contributed by atoms with E-state index in [-0.39, 0.29) is 29.1 Å². The van der Waals surface area contributed by atoms with Crippen LogP contribution in [0, 0.1) is 17.0 Å². The second-order valence-corrected chi connectivity index (χ2v) is 3.94. The number of rotatable bonds is 4. The van der Waals surface area contributed by atoms with E-state index < -0.39 is 4.92 Å². The number of methoxy groups -OCH3 is 1. The highest BCUT2D eigenvalue weighted by atomic mass is 16.6. The third-order valence-electron chi connectivity index (χ3n) is 2.43. The van der Waals surface area contributed by atoms with Crippen LogP contribution in [0.4, 0.5) is 11.6 Å². The molecule has 0 amide bonds. The largest absolute Gasteiger partial charge is 0.481 e. The van der Waals surface area contributed by atoms with E-state index in [4.69, 9.17) is 15.2 Å². The van der Waals surface area contributed by atoms with Gasteiger partial charge in [0, 0.05) is 6.07 Å². The summed E-state index contributed by atoms with van der Waals surface area (Å²) in [6, 6.07) is 5.93. The van der Waals surface area contributed by atoms with Crippen molar-refractivity contribution in [1.29, 1.82) is 0 Å². The zero-order chi connectivity index (χ0) is 14.7. The first kappa shape index (κ1) is 13.5. The van der Waals surface area contributed by atoms with Gasteiger partial charge in [-0.15, -0.1) is 0 Å². The maximum atomic E-state index is 11.0. The number of aryl methyl sites for hydroxylation is 1. The lowest BCUT2D eigenvalue weighted by molar-refractivity contribution is -0.385. The van der Waals surface area contributed by atoms with Crippen molar-refractivity contribution in [3.63, 3.8) is 0 Å². The second kappa shape index (κ2) is 5.39. The predicted octanol–water partition coefficient (Wildman–Crippen LogP) is 2.08. The fourth-order valence-electron chi connectivity index (χ4n) is 1.54. The van der Waals surface area contributed by atoms with E-state index >= 15 is 0 Å². The molecule has 0 aliphatic rings. The quantitative estimate of drug-likeness (QED) is 0.671. The highest BCUT2D eigenvalue weighted by molar-refractivity contribution is 5.50. The Morgan fingerprint density at radius 1 is 1.25 bits per heavy atom. The Morgan fingerprint density at radius 2 is 1.95 bits per heavy atom. The van der Waals surface area contributed by atoms with Gasteiger partial charge in [0.25, 0.3) is 0 Å². The smallest absolute Gasteiger partial charge is 0.311 e. The van der Waals surface area contributed by atoms with Crippen molar-refractivity contribution in [2.24, 2.45) is 0 Å². The van der Waals surface area contributed by atoms with Gasteiger partial charge < -0.3 is 15.2 Å². The van der Waals surface area contributed by atoms with Crippen LogP contribution in [0.3, 0.4) is 0 Å². The second-order valence-electron chi connectivity index (χ2n) is 3.94. The molecule has 1 aromatic heterocycles. The molecule has 8 heteroatoms. The van der Waals surface area contributed by atoms with Crippen LogP contribution in [0.1, 0.15) is 5.56 Å². The molecule has 20 heavy (non-hydrogen) atoms. The normalized spacial score (nSPS) is 10.1. The average molecular weight is 276 g/mol. The van der Waals surface area contributed by atoms with Crippen molar-refractivity contribution >= 4 is 11.6 Å². The van der Waals surface area contributed by atoms with Crippen molar-refractivity contribution < 1.29 is 14.4 Å². The number of benzene rings is 1. The summed E-state index contributed by atoms with van der Waals surface area (Å²) < 4.78 is 10.4. The zero-order valence-corrected chi connectivity index (χ0v) is 10.9. The molecule has 0 aliphatic carbocycles. The van der Waals surface area contributed by atoms with Gasteiger partial charge in [0.1, 0.15) is 0 Å². The first-order valence-corrected chi connectivity index (χ1v) is 5.61. The van der Waals surface area contributed by atoms with Gasteiger partial charge in [0.2, 0.25) is 23.5 Å². The Hall–Kier alpha value is -2.90. The molecular formula is C12H12N4O4. The molecule has 0 atom stereocenters. The lowest BCUT2D eigenvalue weighted by atomic mass is 10.2. The molecule has 1 heterocycles. The minimum atomic E-state index is -0.531. The molecule has 0 unspecified atom stereocenters. The summed E-state index contributed by atoms with van der Waals surface area (Å²) in [6.45, 7) is 1.80. The van der Waals surface area contributed by atoms with E-state index in [0.717, 1.165) is 5.56 Å². The number of nitrogens with zero attached hydrogens (tertiary/aromatic N) is 3. The molecule has 0 aliphatic heterocycles. The van der Waals surface area contributed by atoms with Crippen molar-refractivity contribution in [2.75, 3.05) is 12.8 Å². The summed E-state index contributed by atoms with van der Waals surface area (Å²) in [5.41, 5.74) is 6.16. The van der Waals surface area contributed by atoms with Crippen molar-refractivity contribution in [2.45, 2.75) is 6.92 Å². The predicted molar refractivity (Wildman–Crippen MR) is 70.9 cm³/mol. The van der Waals surface area contributed by atoms with E-state index in [0.29, 0.717) is 0 Å². The first-order valence-electron chi connectivity index (χ1n) is 5.61. The number of anilines is 1. The third-order valence-corrected chi connectivity index (χ3v) is 2.43. The van der Waals surface area contributed by atoms with Crippen LogP contribution in [0.2, 0.25) is 0 Å². The topological polar surface area (TPSA) is 113 Å². The molecule has 1 aromatic carbocycles. The number of nitrogens with two attached hydrogens (primary N) is 1. The zero-order valence-electron chi connectivity index (χ0n) is 10.9. The summed E-state index contributed by atoms with van der Waals surface area (Å²) in [7, 11) is 1.42. The van der Waals surface area contributed by atoms with Crippen molar-refractivity contribution in [3.8, 4) is 17.5 Å². The number of hydrogen-bond acceptors (Lipinski definition) is 7.